The summed E-state index contributed by atoms with van der Waals surface area (Å²) in [6, 6.07) is 8.54. The summed E-state index contributed by atoms with van der Waals surface area (Å²) in [7, 11) is 0. The minimum atomic E-state index is 0.643. The maximum Gasteiger partial charge on any atom is 0.0178 e. The fourth-order valence-corrected chi connectivity index (χ4v) is 1.26. The quantitative estimate of drug-likeness (QED) is 0.766. The van der Waals surface area contributed by atoms with Crippen molar-refractivity contribution in [1.29, 1.82) is 0 Å². The minimum Gasteiger partial charge on any atom is -0.326 e. The van der Waals surface area contributed by atoms with Crippen molar-refractivity contribution in [3.8, 4) is 12.8 Å². The van der Waals surface area contributed by atoms with E-state index in [2.05, 4.69) is 51.0 Å². The lowest BCUT2D eigenvalue weighted by atomic mass is 9.97. The summed E-state index contributed by atoms with van der Waals surface area (Å²) in [6.07, 6.45) is 9.19. The maximum absolute atomic E-state index is 5.56. The van der Waals surface area contributed by atoms with Gasteiger partial charge in [0.2, 0.25) is 0 Å². The Morgan fingerprint density at radius 2 is 1.81 bits per heavy atom. The molecule has 16 heavy (non-hydrogen) atoms. The van der Waals surface area contributed by atoms with E-state index in [1.165, 1.54) is 17.5 Å². The summed E-state index contributed by atoms with van der Waals surface area (Å²) in [5, 5.41) is 0. The molecule has 0 amide bonds. The van der Waals surface area contributed by atoms with E-state index in [9.17, 15) is 0 Å². The van der Waals surface area contributed by atoms with E-state index >= 15 is 0 Å². The molecule has 1 aromatic carbocycles. The normalized spacial score (nSPS) is 10.2. The second kappa shape index (κ2) is 11.8. The summed E-state index contributed by atoms with van der Waals surface area (Å²) >= 11 is 0. The highest BCUT2D eigenvalue weighted by Gasteiger charge is 2.01. The van der Waals surface area contributed by atoms with Crippen LogP contribution in [0.3, 0.4) is 0 Å². The van der Waals surface area contributed by atoms with Crippen LogP contribution in [-0.4, -0.2) is 0 Å². The van der Waals surface area contributed by atoms with Gasteiger partial charge in [0, 0.05) is 6.54 Å². The third kappa shape index (κ3) is 6.27. The molecule has 0 aliphatic carbocycles. The first-order valence-electron chi connectivity index (χ1n) is 5.90. The van der Waals surface area contributed by atoms with Gasteiger partial charge in [-0.25, -0.2) is 0 Å². The van der Waals surface area contributed by atoms with E-state index in [1.54, 1.807) is 0 Å². The number of rotatable bonds is 3. The highest BCUT2D eigenvalue weighted by molar-refractivity contribution is 5.25. The Hall–Kier alpha value is -1.26. The predicted molar refractivity (Wildman–Crippen MR) is 74.3 cm³/mol. The molecule has 0 radical (unpaired) electrons. The number of terminal acetylenes is 1. The number of benzene rings is 1. The number of hydrogen-bond donors (Lipinski definition) is 1. The Kier molecular flexibility index (Phi) is 12.7. The third-order valence-corrected chi connectivity index (χ3v) is 2.37. The van der Waals surface area contributed by atoms with Crippen LogP contribution in [0.2, 0.25) is 0 Å². The van der Waals surface area contributed by atoms with Crippen LogP contribution >= 0.6 is 0 Å². The summed E-state index contributed by atoms with van der Waals surface area (Å²) in [6.45, 7) is 9.10. The van der Waals surface area contributed by atoms with Crippen molar-refractivity contribution in [2.75, 3.05) is 0 Å². The van der Waals surface area contributed by atoms with Gasteiger partial charge in [-0.1, -0.05) is 52.0 Å². The molecule has 1 rings (SSSR count). The molecule has 1 heteroatoms. The van der Waals surface area contributed by atoms with Crippen molar-refractivity contribution < 1.29 is 0 Å². The van der Waals surface area contributed by atoms with E-state index in [0.29, 0.717) is 12.5 Å². The van der Waals surface area contributed by atoms with Gasteiger partial charge in [0.25, 0.3) is 0 Å². The number of nitrogens with two attached hydrogens (primary N) is 1. The predicted octanol–water partition coefficient (Wildman–Crippen LogP) is 3.93. The molecule has 2 N–H and O–H groups in total. The zero-order valence-electron chi connectivity index (χ0n) is 11.0. The van der Waals surface area contributed by atoms with Crippen LogP contribution in [-0.2, 0) is 6.54 Å². The van der Waals surface area contributed by atoms with Crippen molar-refractivity contribution in [2.24, 2.45) is 5.73 Å². The highest BCUT2D eigenvalue weighted by atomic mass is 14.5. The molecule has 0 heterocycles. The lowest BCUT2D eigenvalue weighted by Gasteiger charge is -2.09. The van der Waals surface area contributed by atoms with Crippen LogP contribution in [0.1, 0.15) is 51.2 Å². The van der Waals surface area contributed by atoms with E-state index in [1.807, 2.05) is 13.8 Å². The van der Waals surface area contributed by atoms with Gasteiger partial charge in [0.05, 0.1) is 0 Å². The Morgan fingerprint density at radius 3 is 2.25 bits per heavy atom. The summed E-state index contributed by atoms with van der Waals surface area (Å²) < 4.78 is 0. The molecule has 0 aliphatic rings. The van der Waals surface area contributed by atoms with E-state index in [4.69, 9.17) is 5.73 Å². The first kappa shape index (κ1) is 17.1. The topological polar surface area (TPSA) is 26.0 Å². The fraction of sp³-hybridized carbons (Fsp3) is 0.467. The average Bonchev–Trinajstić information content (AvgIpc) is 2.42. The molecule has 1 unspecified atom stereocenters. The van der Waals surface area contributed by atoms with Crippen LogP contribution in [0.25, 0.3) is 0 Å². The van der Waals surface area contributed by atoms with Gasteiger partial charge in [-0.15, -0.1) is 12.8 Å². The van der Waals surface area contributed by atoms with Gasteiger partial charge < -0.3 is 5.73 Å². The smallest absolute Gasteiger partial charge is 0.0178 e. The van der Waals surface area contributed by atoms with Gasteiger partial charge in [0.1, 0.15) is 0 Å². The standard InChI is InChI=1S/C11H17N.C2H6.C2H2/c1-3-9(2)11-6-4-5-10(7-11)8-12;2*1-2/h4-7,9H,3,8,12H2,1-2H3;1-2H3;1-2H. The van der Waals surface area contributed by atoms with Crippen molar-refractivity contribution in [3.05, 3.63) is 35.4 Å². The van der Waals surface area contributed by atoms with E-state index < -0.39 is 0 Å². The van der Waals surface area contributed by atoms with Crippen molar-refractivity contribution >= 4 is 0 Å². The third-order valence-electron chi connectivity index (χ3n) is 2.37. The molecule has 90 valence electrons. The maximum atomic E-state index is 5.56. The van der Waals surface area contributed by atoms with Crippen LogP contribution in [0.15, 0.2) is 24.3 Å². The van der Waals surface area contributed by atoms with Gasteiger partial charge in [-0.3, -0.25) is 0 Å². The first-order chi connectivity index (χ1) is 7.77. The molecule has 0 fully saturated rings. The number of hydrogen-bond acceptors (Lipinski definition) is 1. The minimum absolute atomic E-state index is 0.643. The second-order valence-electron chi connectivity index (χ2n) is 3.26. The lowest BCUT2D eigenvalue weighted by Crippen LogP contribution is -1.98. The van der Waals surface area contributed by atoms with Crippen LogP contribution in [0.4, 0.5) is 0 Å². The Balaban J connectivity index is 0. The highest BCUT2D eigenvalue weighted by Crippen LogP contribution is 2.18. The molecule has 0 aliphatic heterocycles. The van der Waals surface area contributed by atoms with Gasteiger partial charge in [0.15, 0.2) is 0 Å². The molecule has 0 spiro atoms. The van der Waals surface area contributed by atoms with Crippen LogP contribution in [0.5, 0.6) is 0 Å². The molecule has 1 aromatic rings. The van der Waals surface area contributed by atoms with Crippen molar-refractivity contribution in [3.63, 3.8) is 0 Å². The fourth-order valence-electron chi connectivity index (χ4n) is 1.26. The zero-order chi connectivity index (χ0) is 13.0. The molecule has 0 saturated carbocycles. The summed E-state index contributed by atoms with van der Waals surface area (Å²) in [5.41, 5.74) is 8.19. The second-order valence-corrected chi connectivity index (χ2v) is 3.26. The van der Waals surface area contributed by atoms with Crippen LogP contribution in [0, 0.1) is 12.8 Å². The monoisotopic (exact) mass is 219 g/mol. The summed E-state index contributed by atoms with van der Waals surface area (Å²) in [5.74, 6) is 0.650. The average molecular weight is 219 g/mol. The Morgan fingerprint density at radius 1 is 1.25 bits per heavy atom. The molecule has 0 aromatic heterocycles. The van der Waals surface area contributed by atoms with E-state index in [0.717, 1.165) is 0 Å². The van der Waals surface area contributed by atoms with Crippen LogP contribution < -0.4 is 5.73 Å². The lowest BCUT2D eigenvalue weighted by molar-refractivity contribution is 0.732. The van der Waals surface area contributed by atoms with E-state index in [-0.39, 0.29) is 0 Å². The Labute approximate surface area is 101 Å². The molecule has 1 nitrogen and oxygen atoms in total. The van der Waals surface area contributed by atoms with Crippen molar-refractivity contribution in [1.82, 2.24) is 0 Å². The largest absolute Gasteiger partial charge is 0.326 e. The van der Waals surface area contributed by atoms with Gasteiger partial charge >= 0.3 is 0 Å². The van der Waals surface area contributed by atoms with Gasteiger partial charge in [-0.2, -0.15) is 0 Å². The molecular weight excluding hydrogens is 194 g/mol. The molecule has 0 bridgehead atoms. The first-order valence-corrected chi connectivity index (χ1v) is 5.90. The van der Waals surface area contributed by atoms with Crippen molar-refractivity contribution in [2.45, 2.75) is 46.6 Å². The molecular formula is C15H25N. The van der Waals surface area contributed by atoms with Gasteiger partial charge in [-0.05, 0) is 23.5 Å². The molecule has 0 saturated heterocycles. The SMILES string of the molecule is C#C.CC.CCC(C)c1cccc(CN)c1. The summed E-state index contributed by atoms with van der Waals surface area (Å²) in [4.78, 5) is 0. The Bertz CT molecular complexity index is 276. The zero-order valence-corrected chi connectivity index (χ0v) is 11.0. The molecule has 1 atom stereocenters.